The van der Waals surface area contributed by atoms with Gasteiger partial charge in [0.15, 0.2) is 0 Å². The summed E-state index contributed by atoms with van der Waals surface area (Å²) in [6.45, 7) is 1.92. The van der Waals surface area contributed by atoms with Crippen molar-refractivity contribution in [2.75, 3.05) is 30.8 Å². The molecule has 25 heavy (non-hydrogen) atoms. The molecule has 0 radical (unpaired) electrons. The molecule has 1 heterocycles. The van der Waals surface area contributed by atoms with Crippen LogP contribution in [-0.4, -0.2) is 38.2 Å². The van der Waals surface area contributed by atoms with Crippen molar-refractivity contribution in [3.05, 3.63) is 23.3 Å². The molecule has 6 nitrogen and oxygen atoms in total. The average Bonchev–Trinajstić information content (AvgIpc) is 2.93. The summed E-state index contributed by atoms with van der Waals surface area (Å²) in [6.07, 6.45) is -4.74. The van der Waals surface area contributed by atoms with E-state index in [1.165, 1.54) is 14.0 Å². The molecule has 0 aliphatic carbocycles. The fourth-order valence-corrected chi connectivity index (χ4v) is 2.84. The molecule has 0 saturated carbocycles. The Kier molecular flexibility index (Phi) is 5.44. The van der Waals surface area contributed by atoms with Crippen LogP contribution in [0.4, 0.5) is 24.5 Å². The van der Waals surface area contributed by atoms with Crippen molar-refractivity contribution in [1.82, 2.24) is 0 Å². The smallest absolute Gasteiger partial charge is 0.418 e. The lowest BCUT2D eigenvalue weighted by molar-refractivity contribution is -0.145. The summed E-state index contributed by atoms with van der Waals surface area (Å²) in [4.78, 5) is 24.3. The van der Waals surface area contributed by atoms with Crippen molar-refractivity contribution < 1.29 is 32.2 Å². The number of nitrogens with zero attached hydrogens (tertiary/aromatic N) is 1. The summed E-state index contributed by atoms with van der Waals surface area (Å²) >= 11 is 0. The van der Waals surface area contributed by atoms with E-state index in [1.54, 1.807) is 4.90 Å². The monoisotopic (exact) mass is 360 g/mol. The number of anilines is 2. The SMILES string of the molecule is COC(=O)Cc1cc(N)c(C(F)(F)F)cc1N1CC[C@H](OC(C)=O)C1. The van der Waals surface area contributed by atoms with E-state index in [-0.39, 0.29) is 18.7 Å². The summed E-state index contributed by atoms with van der Waals surface area (Å²) in [5.41, 5.74) is 4.68. The maximum absolute atomic E-state index is 13.2. The quantitative estimate of drug-likeness (QED) is 0.654. The fourth-order valence-electron chi connectivity index (χ4n) is 2.84. The minimum atomic E-state index is -4.61. The van der Waals surface area contributed by atoms with Gasteiger partial charge in [0.25, 0.3) is 0 Å². The standard InChI is InChI=1S/C16H19F3N2O4/c1-9(22)25-11-3-4-21(8-11)14-7-12(16(17,18)19)13(20)5-10(14)6-15(23)24-2/h5,7,11H,3-4,6,8,20H2,1-2H3/t11-/m0/s1. The highest BCUT2D eigenvalue weighted by Crippen LogP contribution is 2.39. The minimum absolute atomic E-state index is 0.205. The van der Waals surface area contributed by atoms with Crippen molar-refractivity contribution >= 4 is 23.3 Å². The van der Waals surface area contributed by atoms with Gasteiger partial charge in [-0.3, -0.25) is 9.59 Å². The van der Waals surface area contributed by atoms with E-state index in [4.69, 9.17) is 10.5 Å². The second kappa shape index (κ2) is 7.20. The number of esters is 2. The fraction of sp³-hybridized carbons (Fsp3) is 0.500. The van der Waals surface area contributed by atoms with Gasteiger partial charge in [-0.05, 0) is 17.7 Å². The molecule has 0 aromatic heterocycles. The normalized spacial score (nSPS) is 17.5. The van der Waals surface area contributed by atoms with Crippen LogP contribution in [0.25, 0.3) is 0 Å². The summed E-state index contributed by atoms with van der Waals surface area (Å²) in [7, 11) is 1.20. The number of nitrogens with two attached hydrogens (primary N) is 1. The number of hydrogen-bond acceptors (Lipinski definition) is 6. The van der Waals surface area contributed by atoms with E-state index in [0.717, 1.165) is 12.1 Å². The third-order valence-electron chi connectivity index (χ3n) is 3.94. The largest absolute Gasteiger partial charge is 0.469 e. The second-order valence-electron chi connectivity index (χ2n) is 5.78. The van der Waals surface area contributed by atoms with E-state index in [0.29, 0.717) is 18.5 Å². The van der Waals surface area contributed by atoms with E-state index in [9.17, 15) is 22.8 Å². The van der Waals surface area contributed by atoms with Crippen LogP contribution in [-0.2, 0) is 31.7 Å². The first kappa shape index (κ1) is 18.9. The third-order valence-corrected chi connectivity index (χ3v) is 3.94. The Morgan fingerprint density at radius 2 is 2.04 bits per heavy atom. The molecule has 0 unspecified atom stereocenters. The van der Waals surface area contributed by atoms with Crippen LogP contribution in [0, 0.1) is 0 Å². The Hall–Kier alpha value is -2.45. The minimum Gasteiger partial charge on any atom is -0.469 e. The van der Waals surface area contributed by atoms with Gasteiger partial charge in [-0.1, -0.05) is 0 Å². The third kappa shape index (κ3) is 4.55. The van der Waals surface area contributed by atoms with Gasteiger partial charge >= 0.3 is 18.1 Å². The lowest BCUT2D eigenvalue weighted by Gasteiger charge is -2.24. The molecular weight excluding hydrogens is 341 g/mol. The molecular formula is C16H19F3N2O4. The molecule has 2 N–H and O–H groups in total. The number of rotatable bonds is 4. The molecule has 1 saturated heterocycles. The summed E-state index contributed by atoms with van der Waals surface area (Å²) in [5.74, 6) is -1.04. The topological polar surface area (TPSA) is 81.9 Å². The van der Waals surface area contributed by atoms with Crippen LogP contribution in [0.5, 0.6) is 0 Å². The van der Waals surface area contributed by atoms with Gasteiger partial charge in [0.2, 0.25) is 0 Å². The molecule has 2 rings (SSSR count). The van der Waals surface area contributed by atoms with E-state index in [1.807, 2.05) is 0 Å². The first-order valence-corrected chi connectivity index (χ1v) is 7.60. The molecule has 0 bridgehead atoms. The molecule has 0 amide bonds. The van der Waals surface area contributed by atoms with Crippen LogP contribution in [0.2, 0.25) is 0 Å². The average molecular weight is 360 g/mol. The Labute approximate surface area is 142 Å². The van der Waals surface area contributed by atoms with Crippen LogP contribution >= 0.6 is 0 Å². The van der Waals surface area contributed by atoms with Crippen molar-refractivity contribution in [2.24, 2.45) is 0 Å². The van der Waals surface area contributed by atoms with Crippen LogP contribution in [0.3, 0.4) is 0 Å². The van der Waals surface area contributed by atoms with Crippen molar-refractivity contribution in [3.63, 3.8) is 0 Å². The molecule has 1 aromatic rings. The van der Waals surface area contributed by atoms with Crippen LogP contribution < -0.4 is 10.6 Å². The number of alkyl halides is 3. The molecule has 1 atom stereocenters. The molecule has 1 aromatic carbocycles. The summed E-state index contributed by atoms with van der Waals surface area (Å²) < 4.78 is 49.2. The van der Waals surface area contributed by atoms with Crippen molar-refractivity contribution in [3.8, 4) is 0 Å². The first-order chi connectivity index (χ1) is 11.6. The number of ether oxygens (including phenoxy) is 2. The highest BCUT2D eigenvalue weighted by Gasteiger charge is 2.35. The van der Waals surface area contributed by atoms with Gasteiger partial charge in [-0.25, -0.2) is 0 Å². The molecule has 0 spiro atoms. The maximum Gasteiger partial charge on any atom is 0.418 e. The lowest BCUT2D eigenvalue weighted by atomic mass is 10.0. The highest BCUT2D eigenvalue weighted by molar-refractivity contribution is 5.77. The number of carbonyl (C=O) groups is 2. The highest BCUT2D eigenvalue weighted by atomic mass is 19.4. The lowest BCUT2D eigenvalue weighted by Crippen LogP contribution is -2.26. The predicted octanol–water partition coefficient (Wildman–Crippen LogP) is 2.14. The first-order valence-electron chi connectivity index (χ1n) is 7.60. The number of benzene rings is 1. The van der Waals surface area contributed by atoms with Gasteiger partial charge in [-0.2, -0.15) is 13.2 Å². The number of carbonyl (C=O) groups excluding carboxylic acids is 2. The summed E-state index contributed by atoms with van der Waals surface area (Å²) in [5, 5.41) is 0. The molecule has 1 aliphatic rings. The van der Waals surface area contributed by atoms with E-state index >= 15 is 0 Å². The Balaban J connectivity index is 2.39. The number of methoxy groups -OCH3 is 1. The maximum atomic E-state index is 13.2. The van der Waals surface area contributed by atoms with Crippen LogP contribution in [0.15, 0.2) is 12.1 Å². The van der Waals surface area contributed by atoms with Gasteiger partial charge in [-0.15, -0.1) is 0 Å². The van der Waals surface area contributed by atoms with Crippen molar-refractivity contribution in [2.45, 2.75) is 32.0 Å². The molecule has 1 fully saturated rings. The number of hydrogen-bond donors (Lipinski definition) is 1. The van der Waals surface area contributed by atoms with Gasteiger partial charge in [0.05, 0.1) is 25.6 Å². The summed E-state index contributed by atoms with van der Waals surface area (Å²) in [6, 6.07) is 2.08. The van der Waals surface area contributed by atoms with Gasteiger partial charge < -0.3 is 20.1 Å². The van der Waals surface area contributed by atoms with E-state index < -0.39 is 35.5 Å². The Morgan fingerprint density at radius 3 is 2.60 bits per heavy atom. The zero-order valence-corrected chi connectivity index (χ0v) is 13.9. The molecule has 138 valence electrons. The van der Waals surface area contributed by atoms with E-state index in [2.05, 4.69) is 4.74 Å². The Morgan fingerprint density at radius 1 is 1.36 bits per heavy atom. The van der Waals surface area contributed by atoms with Crippen molar-refractivity contribution in [1.29, 1.82) is 0 Å². The zero-order valence-electron chi connectivity index (χ0n) is 13.9. The predicted molar refractivity (Wildman–Crippen MR) is 84.0 cm³/mol. The zero-order chi connectivity index (χ0) is 18.8. The number of halogens is 3. The molecule has 9 heteroatoms. The van der Waals surface area contributed by atoms with Gasteiger partial charge in [0.1, 0.15) is 6.10 Å². The second-order valence-corrected chi connectivity index (χ2v) is 5.78. The number of nitrogen functional groups attached to an aromatic ring is 1. The Bertz CT molecular complexity index is 676. The molecule has 1 aliphatic heterocycles. The van der Waals surface area contributed by atoms with Crippen LogP contribution in [0.1, 0.15) is 24.5 Å². The van der Waals surface area contributed by atoms with Gasteiger partial charge in [0, 0.05) is 31.3 Å².